The monoisotopic (exact) mass is 244 g/mol. The molecule has 0 spiro atoms. The summed E-state index contributed by atoms with van der Waals surface area (Å²) in [5.74, 6) is 0.877. The summed E-state index contributed by atoms with van der Waals surface area (Å²) < 4.78 is 0. The van der Waals surface area contributed by atoms with Gasteiger partial charge in [0.15, 0.2) is 0 Å². The largest absolute Gasteiger partial charge is 0.310 e. The highest BCUT2D eigenvalue weighted by Gasteiger charge is 2.21. The van der Waals surface area contributed by atoms with E-state index in [1.807, 2.05) is 0 Å². The van der Waals surface area contributed by atoms with Gasteiger partial charge in [-0.1, -0.05) is 31.2 Å². The lowest BCUT2D eigenvalue weighted by Gasteiger charge is -2.18. The van der Waals surface area contributed by atoms with Gasteiger partial charge in [0, 0.05) is 25.7 Å². The second-order valence-corrected chi connectivity index (χ2v) is 6.05. The summed E-state index contributed by atoms with van der Waals surface area (Å²) in [7, 11) is 0. The Morgan fingerprint density at radius 1 is 1.17 bits per heavy atom. The molecule has 1 N–H and O–H groups in total. The molecule has 98 valence electrons. The van der Waals surface area contributed by atoms with Crippen LogP contribution in [0.4, 0.5) is 0 Å². The lowest BCUT2D eigenvalue weighted by atomic mass is 10.1. The lowest BCUT2D eigenvalue weighted by molar-refractivity contribution is 0.319. The molecule has 2 aliphatic rings. The molecular weight excluding hydrogens is 220 g/mol. The second-order valence-electron chi connectivity index (χ2n) is 6.05. The smallest absolute Gasteiger partial charge is 0.0237 e. The first-order chi connectivity index (χ1) is 8.81. The fourth-order valence-electron chi connectivity index (χ4n) is 2.84. The third kappa shape index (κ3) is 3.12. The van der Waals surface area contributed by atoms with Crippen molar-refractivity contribution in [3.63, 3.8) is 0 Å². The minimum atomic E-state index is 0.796. The summed E-state index contributed by atoms with van der Waals surface area (Å²) in [6.07, 6.45) is 4.10. The Kier molecular flexibility index (Phi) is 3.67. The van der Waals surface area contributed by atoms with Crippen molar-refractivity contribution in [2.75, 3.05) is 13.1 Å². The highest BCUT2D eigenvalue weighted by Crippen LogP contribution is 2.22. The summed E-state index contributed by atoms with van der Waals surface area (Å²) in [5.41, 5.74) is 3.00. The second kappa shape index (κ2) is 5.41. The Hall–Kier alpha value is -0.860. The van der Waals surface area contributed by atoms with E-state index in [-0.39, 0.29) is 0 Å². The highest BCUT2D eigenvalue weighted by molar-refractivity contribution is 5.27. The molecule has 0 radical (unpaired) electrons. The van der Waals surface area contributed by atoms with Gasteiger partial charge in [-0.05, 0) is 42.9 Å². The maximum atomic E-state index is 3.63. The van der Waals surface area contributed by atoms with Crippen molar-refractivity contribution in [1.29, 1.82) is 0 Å². The first-order valence-corrected chi connectivity index (χ1v) is 7.34. The molecule has 1 atom stereocenters. The van der Waals surface area contributed by atoms with Crippen LogP contribution < -0.4 is 5.32 Å². The maximum absolute atomic E-state index is 3.63. The van der Waals surface area contributed by atoms with Crippen molar-refractivity contribution < 1.29 is 0 Å². The van der Waals surface area contributed by atoms with Gasteiger partial charge in [0.1, 0.15) is 0 Å². The molecule has 1 saturated carbocycles. The quantitative estimate of drug-likeness (QED) is 0.857. The molecule has 18 heavy (non-hydrogen) atoms. The first-order valence-electron chi connectivity index (χ1n) is 7.34. The van der Waals surface area contributed by atoms with Crippen LogP contribution in [0.3, 0.4) is 0 Å². The SMILES string of the molecule is CC1CCN(Cc2ccccc2CNC2CC2)C1. The van der Waals surface area contributed by atoms with Crippen molar-refractivity contribution in [3.8, 4) is 0 Å². The molecule has 1 aliphatic heterocycles. The fourth-order valence-corrected chi connectivity index (χ4v) is 2.84. The Balaban J connectivity index is 1.62. The van der Waals surface area contributed by atoms with Crippen molar-refractivity contribution in [3.05, 3.63) is 35.4 Å². The molecular formula is C16H24N2. The predicted molar refractivity (Wildman–Crippen MR) is 75.4 cm³/mol. The maximum Gasteiger partial charge on any atom is 0.0237 e. The summed E-state index contributed by atoms with van der Waals surface area (Å²) in [6, 6.07) is 9.72. The van der Waals surface area contributed by atoms with Gasteiger partial charge in [-0.3, -0.25) is 4.90 Å². The summed E-state index contributed by atoms with van der Waals surface area (Å²) >= 11 is 0. The van der Waals surface area contributed by atoms with E-state index < -0.39 is 0 Å². The van der Waals surface area contributed by atoms with Gasteiger partial charge in [-0.15, -0.1) is 0 Å². The molecule has 2 heteroatoms. The summed E-state index contributed by atoms with van der Waals surface area (Å²) in [4.78, 5) is 2.60. The Morgan fingerprint density at radius 2 is 1.94 bits per heavy atom. The van der Waals surface area contributed by atoms with E-state index >= 15 is 0 Å². The molecule has 0 aromatic heterocycles. The molecule has 0 bridgehead atoms. The number of nitrogens with one attached hydrogen (secondary N) is 1. The van der Waals surface area contributed by atoms with E-state index in [0.29, 0.717) is 0 Å². The van der Waals surface area contributed by atoms with Gasteiger partial charge in [0.25, 0.3) is 0 Å². The van der Waals surface area contributed by atoms with Gasteiger partial charge in [0.2, 0.25) is 0 Å². The van der Waals surface area contributed by atoms with Crippen LogP contribution in [0.1, 0.15) is 37.3 Å². The normalized spacial score (nSPS) is 24.6. The molecule has 1 aromatic rings. The third-order valence-corrected chi connectivity index (χ3v) is 4.18. The molecule has 1 aromatic carbocycles. The fraction of sp³-hybridized carbons (Fsp3) is 0.625. The van der Waals surface area contributed by atoms with Crippen LogP contribution in [-0.2, 0) is 13.1 Å². The molecule has 1 heterocycles. The molecule has 1 aliphatic carbocycles. The van der Waals surface area contributed by atoms with E-state index in [9.17, 15) is 0 Å². The standard InChI is InChI=1S/C16H24N2/c1-13-8-9-18(11-13)12-15-5-3-2-4-14(15)10-17-16-6-7-16/h2-5,13,16-17H,6-12H2,1H3. The van der Waals surface area contributed by atoms with E-state index in [2.05, 4.69) is 41.4 Å². The molecule has 2 fully saturated rings. The van der Waals surface area contributed by atoms with E-state index in [1.165, 1.54) is 43.5 Å². The van der Waals surface area contributed by atoms with Gasteiger partial charge in [0.05, 0.1) is 0 Å². The average Bonchev–Trinajstić information content (AvgIpc) is 3.12. The van der Waals surface area contributed by atoms with Gasteiger partial charge in [-0.25, -0.2) is 0 Å². The number of likely N-dealkylation sites (tertiary alicyclic amines) is 1. The van der Waals surface area contributed by atoms with E-state index in [0.717, 1.165) is 25.0 Å². The number of rotatable bonds is 5. The minimum Gasteiger partial charge on any atom is -0.310 e. The Bertz CT molecular complexity index is 398. The zero-order valence-electron chi connectivity index (χ0n) is 11.4. The summed E-state index contributed by atoms with van der Waals surface area (Å²) in [6.45, 7) is 7.08. The lowest BCUT2D eigenvalue weighted by Crippen LogP contribution is -2.22. The van der Waals surface area contributed by atoms with Crippen molar-refractivity contribution in [2.45, 2.75) is 45.3 Å². The van der Waals surface area contributed by atoms with Crippen LogP contribution >= 0.6 is 0 Å². The van der Waals surface area contributed by atoms with Crippen molar-refractivity contribution in [2.24, 2.45) is 5.92 Å². The first kappa shape index (κ1) is 12.2. The van der Waals surface area contributed by atoms with Crippen LogP contribution in [0, 0.1) is 5.92 Å². The predicted octanol–water partition coefficient (Wildman–Crippen LogP) is 2.78. The van der Waals surface area contributed by atoms with Crippen LogP contribution in [0.2, 0.25) is 0 Å². The summed E-state index contributed by atoms with van der Waals surface area (Å²) in [5, 5.41) is 3.63. The average molecular weight is 244 g/mol. The Labute approximate surface area is 110 Å². The highest BCUT2D eigenvalue weighted by atomic mass is 15.1. The van der Waals surface area contributed by atoms with Gasteiger partial charge < -0.3 is 5.32 Å². The minimum absolute atomic E-state index is 0.796. The van der Waals surface area contributed by atoms with E-state index in [1.54, 1.807) is 0 Å². The number of benzene rings is 1. The van der Waals surface area contributed by atoms with Crippen molar-refractivity contribution >= 4 is 0 Å². The topological polar surface area (TPSA) is 15.3 Å². The molecule has 2 nitrogen and oxygen atoms in total. The number of nitrogens with zero attached hydrogens (tertiary/aromatic N) is 1. The van der Waals surface area contributed by atoms with Gasteiger partial charge in [-0.2, -0.15) is 0 Å². The van der Waals surface area contributed by atoms with Crippen LogP contribution in [0.25, 0.3) is 0 Å². The van der Waals surface area contributed by atoms with Gasteiger partial charge >= 0.3 is 0 Å². The molecule has 1 saturated heterocycles. The van der Waals surface area contributed by atoms with Crippen LogP contribution in [0.15, 0.2) is 24.3 Å². The van der Waals surface area contributed by atoms with Crippen LogP contribution in [-0.4, -0.2) is 24.0 Å². The van der Waals surface area contributed by atoms with Crippen LogP contribution in [0.5, 0.6) is 0 Å². The number of hydrogen-bond donors (Lipinski definition) is 1. The zero-order valence-corrected chi connectivity index (χ0v) is 11.4. The zero-order chi connectivity index (χ0) is 12.4. The molecule has 3 rings (SSSR count). The molecule has 0 amide bonds. The third-order valence-electron chi connectivity index (χ3n) is 4.18. The molecule has 1 unspecified atom stereocenters. The Morgan fingerprint density at radius 3 is 2.61 bits per heavy atom. The van der Waals surface area contributed by atoms with Crippen molar-refractivity contribution in [1.82, 2.24) is 10.2 Å². The van der Waals surface area contributed by atoms with E-state index in [4.69, 9.17) is 0 Å². The number of hydrogen-bond acceptors (Lipinski definition) is 2.